The predicted octanol–water partition coefficient (Wildman–Crippen LogP) is 2.06. The second kappa shape index (κ2) is 8.55. The number of carbonyl (C=O) groups is 2. The lowest BCUT2D eigenvalue weighted by Crippen LogP contribution is -2.44. The lowest BCUT2D eigenvalue weighted by atomic mass is 10.1. The molecule has 1 aliphatic rings. The zero-order valence-corrected chi connectivity index (χ0v) is 15.2. The second-order valence-corrected chi connectivity index (χ2v) is 6.02. The van der Waals surface area contributed by atoms with Gasteiger partial charge in [-0.25, -0.2) is 0 Å². The van der Waals surface area contributed by atoms with Gasteiger partial charge in [-0.1, -0.05) is 0 Å². The Morgan fingerprint density at radius 1 is 1.40 bits per heavy atom. The van der Waals surface area contributed by atoms with Gasteiger partial charge >= 0.3 is 0 Å². The minimum absolute atomic E-state index is 0.143. The van der Waals surface area contributed by atoms with Gasteiger partial charge in [0, 0.05) is 30.2 Å². The summed E-state index contributed by atoms with van der Waals surface area (Å²) < 4.78 is 11.4. The Balaban J connectivity index is 2.10. The molecule has 2 atom stereocenters. The zero-order chi connectivity index (χ0) is 18.4. The van der Waals surface area contributed by atoms with Crippen LogP contribution in [0.15, 0.2) is 18.2 Å². The minimum atomic E-state index is -0.590. The van der Waals surface area contributed by atoms with E-state index in [-0.39, 0.29) is 17.9 Å². The molecule has 1 aromatic rings. The maximum atomic E-state index is 12.0. The van der Waals surface area contributed by atoms with E-state index in [0.717, 1.165) is 29.0 Å². The van der Waals surface area contributed by atoms with E-state index in [1.54, 1.807) is 13.0 Å². The van der Waals surface area contributed by atoms with Crippen LogP contribution in [0, 0.1) is 0 Å². The van der Waals surface area contributed by atoms with E-state index in [1.165, 1.54) is 6.08 Å². The largest absolute Gasteiger partial charge is 0.493 e. The van der Waals surface area contributed by atoms with Crippen molar-refractivity contribution in [2.75, 3.05) is 13.2 Å². The van der Waals surface area contributed by atoms with Gasteiger partial charge in [0.1, 0.15) is 23.6 Å². The highest BCUT2D eigenvalue weighted by molar-refractivity contribution is 5.95. The third kappa shape index (κ3) is 4.98. The molecule has 0 aliphatic carbocycles. The van der Waals surface area contributed by atoms with Crippen LogP contribution in [0.5, 0.6) is 11.5 Å². The number of carbonyl (C=O) groups excluding carboxylic acids is 2. The summed E-state index contributed by atoms with van der Waals surface area (Å²) in [6.45, 7) is 8.48. The number of fused-ring (bicyclic) bond motifs is 1. The molecule has 0 bridgehead atoms. The second-order valence-electron chi connectivity index (χ2n) is 6.02. The van der Waals surface area contributed by atoms with Gasteiger partial charge in [-0.2, -0.15) is 0 Å². The lowest BCUT2D eigenvalue weighted by molar-refractivity contribution is -0.126. The van der Waals surface area contributed by atoms with E-state index in [2.05, 4.69) is 10.6 Å². The summed E-state index contributed by atoms with van der Waals surface area (Å²) in [5.41, 5.74) is 1.89. The van der Waals surface area contributed by atoms with Crippen LogP contribution in [0.4, 0.5) is 0 Å². The average Bonchev–Trinajstić information content (AvgIpc) is 2.92. The summed E-state index contributed by atoms with van der Waals surface area (Å²) in [5.74, 6) is 1.00. The smallest absolute Gasteiger partial charge is 0.244 e. The number of rotatable bonds is 7. The average molecular weight is 346 g/mol. The van der Waals surface area contributed by atoms with Crippen molar-refractivity contribution in [3.63, 3.8) is 0 Å². The Kier molecular flexibility index (Phi) is 6.44. The molecule has 0 aromatic heterocycles. The first-order valence-electron chi connectivity index (χ1n) is 8.67. The van der Waals surface area contributed by atoms with Crippen LogP contribution in [0.1, 0.15) is 38.8 Å². The molecule has 0 saturated heterocycles. The van der Waals surface area contributed by atoms with E-state index < -0.39 is 6.04 Å². The molecule has 2 rings (SSSR count). The highest BCUT2D eigenvalue weighted by Gasteiger charge is 2.21. The fourth-order valence-electron chi connectivity index (χ4n) is 2.69. The summed E-state index contributed by atoms with van der Waals surface area (Å²) in [6.07, 6.45) is 4.07. The molecule has 136 valence electrons. The number of likely N-dealkylation sites (N-methyl/N-ethyl adjacent to an activating group) is 1. The van der Waals surface area contributed by atoms with Gasteiger partial charge in [-0.3, -0.25) is 9.59 Å². The van der Waals surface area contributed by atoms with E-state index in [1.807, 2.05) is 32.9 Å². The molecule has 0 unspecified atom stereocenters. The molecular weight excluding hydrogens is 320 g/mol. The van der Waals surface area contributed by atoms with E-state index in [4.69, 9.17) is 9.47 Å². The third-order valence-corrected chi connectivity index (χ3v) is 3.85. The van der Waals surface area contributed by atoms with Crippen LogP contribution < -0.4 is 20.1 Å². The van der Waals surface area contributed by atoms with Crippen LogP contribution >= 0.6 is 0 Å². The summed E-state index contributed by atoms with van der Waals surface area (Å²) in [4.78, 5) is 23.7. The number of nitrogens with one attached hydrogen (secondary N) is 2. The number of amides is 2. The van der Waals surface area contributed by atoms with Crippen LogP contribution in [-0.4, -0.2) is 37.1 Å². The van der Waals surface area contributed by atoms with Crippen molar-refractivity contribution < 1.29 is 19.1 Å². The highest BCUT2D eigenvalue weighted by Crippen LogP contribution is 2.35. The Labute approximate surface area is 148 Å². The monoisotopic (exact) mass is 346 g/mol. The summed E-state index contributed by atoms with van der Waals surface area (Å²) in [6, 6.07) is 3.27. The summed E-state index contributed by atoms with van der Waals surface area (Å²) in [7, 11) is 0. The Morgan fingerprint density at radius 2 is 2.16 bits per heavy atom. The SMILES string of the molecule is CCNC(=O)[C@H](C)NC(=O)/C=C/c1cc2c(cc1OCC)C[C@@H](C)O2. The number of hydrogen-bond donors (Lipinski definition) is 2. The Bertz CT molecular complexity index is 670. The number of hydrogen-bond acceptors (Lipinski definition) is 4. The van der Waals surface area contributed by atoms with Crippen LogP contribution in [0.2, 0.25) is 0 Å². The zero-order valence-electron chi connectivity index (χ0n) is 15.2. The van der Waals surface area contributed by atoms with Crippen LogP contribution in [-0.2, 0) is 16.0 Å². The van der Waals surface area contributed by atoms with E-state index >= 15 is 0 Å². The maximum Gasteiger partial charge on any atom is 0.244 e. The number of benzene rings is 1. The van der Waals surface area contributed by atoms with Gasteiger partial charge < -0.3 is 20.1 Å². The standard InChI is InChI=1S/C19H26N2O4/c1-5-20-19(23)13(4)21-18(22)8-7-14-10-17-15(9-12(3)25-17)11-16(14)24-6-2/h7-8,10-13H,5-6,9H2,1-4H3,(H,20,23)(H,21,22)/b8-7+/t12-,13+/m1/s1. The number of ether oxygens (including phenoxy) is 2. The summed E-state index contributed by atoms with van der Waals surface area (Å²) >= 11 is 0. The maximum absolute atomic E-state index is 12.0. The normalized spacial score (nSPS) is 16.9. The summed E-state index contributed by atoms with van der Waals surface area (Å²) in [5, 5.41) is 5.30. The van der Waals surface area contributed by atoms with Crippen molar-refractivity contribution in [2.45, 2.75) is 46.3 Å². The molecule has 2 N–H and O–H groups in total. The molecule has 1 aromatic carbocycles. The lowest BCUT2D eigenvalue weighted by Gasteiger charge is -2.12. The van der Waals surface area contributed by atoms with Gasteiger partial charge in [0.25, 0.3) is 0 Å². The van der Waals surface area contributed by atoms with Crippen molar-refractivity contribution in [1.29, 1.82) is 0 Å². The van der Waals surface area contributed by atoms with Crippen molar-refractivity contribution >= 4 is 17.9 Å². The van der Waals surface area contributed by atoms with E-state index in [9.17, 15) is 9.59 Å². The van der Waals surface area contributed by atoms with Gasteiger partial charge in [0.05, 0.1) is 6.61 Å². The first-order chi connectivity index (χ1) is 11.9. The molecule has 2 amide bonds. The fraction of sp³-hybridized carbons (Fsp3) is 0.474. The molecule has 0 radical (unpaired) electrons. The van der Waals surface area contributed by atoms with Crippen LogP contribution in [0.25, 0.3) is 6.08 Å². The predicted molar refractivity (Wildman–Crippen MR) is 96.7 cm³/mol. The van der Waals surface area contributed by atoms with Gasteiger partial charge in [-0.15, -0.1) is 0 Å². The molecule has 0 saturated carbocycles. The fourth-order valence-corrected chi connectivity index (χ4v) is 2.69. The molecule has 6 nitrogen and oxygen atoms in total. The first kappa shape index (κ1) is 18.8. The molecule has 1 heterocycles. The van der Waals surface area contributed by atoms with Crippen molar-refractivity contribution in [2.24, 2.45) is 0 Å². The molecule has 0 fully saturated rings. The van der Waals surface area contributed by atoms with Gasteiger partial charge in [0.15, 0.2) is 0 Å². The molecule has 25 heavy (non-hydrogen) atoms. The van der Waals surface area contributed by atoms with Gasteiger partial charge in [-0.05, 0) is 45.9 Å². The molecule has 1 aliphatic heterocycles. The van der Waals surface area contributed by atoms with E-state index in [0.29, 0.717) is 13.2 Å². The molecule has 0 spiro atoms. The van der Waals surface area contributed by atoms with Crippen molar-refractivity contribution in [1.82, 2.24) is 10.6 Å². The highest BCUT2D eigenvalue weighted by atomic mass is 16.5. The quantitative estimate of drug-likeness (QED) is 0.741. The van der Waals surface area contributed by atoms with Crippen LogP contribution in [0.3, 0.4) is 0 Å². The first-order valence-corrected chi connectivity index (χ1v) is 8.67. The topological polar surface area (TPSA) is 76.7 Å². The molecule has 6 heteroatoms. The van der Waals surface area contributed by atoms with Crippen molar-refractivity contribution in [3.05, 3.63) is 29.3 Å². The molecular formula is C19H26N2O4. The Morgan fingerprint density at radius 3 is 2.84 bits per heavy atom. The third-order valence-electron chi connectivity index (χ3n) is 3.85. The van der Waals surface area contributed by atoms with Gasteiger partial charge in [0.2, 0.25) is 11.8 Å². The minimum Gasteiger partial charge on any atom is -0.493 e. The van der Waals surface area contributed by atoms with Crippen molar-refractivity contribution in [3.8, 4) is 11.5 Å². The Hall–Kier alpha value is -2.50.